The Hall–Kier alpha value is 0.430. The van der Waals surface area contributed by atoms with Gasteiger partial charge in [0.05, 0.1) is 10.0 Å². The second kappa shape index (κ2) is 9.35. The van der Waals surface area contributed by atoms with Gasteiger partial charge in [0.25, 0.3) is 0 Å². The molecule has 1 rings (SSSR count). The highest BCUT2D eigenvalue weighted by molar-refractivity contribution is 8.00. The van der Waals surface area contributed by atoms with Gasteiger partial charge in [0.15, 0.2) is 0 Å². The first-order valence-electron chi connectivity index (χ1n) is 6.30. The van der Waals surface area contributed by atoms with E-state index in [0.717, 1.165) is 21.6 Å². The summed E-state index contributed by atoms with van der Waals surface area (Å²) >= 11 is 15.8. The molecule has 0 spiro atoms. The van der Waals surface area contributed by atoms with Crippen molar-refractivity contribution in [1.29, 1.82) is 0 Å². The summed E-state index contributed by atoms with van der Waals surface area (Å²) in [5, 5.41) is 3.16. The van der Waals surface area contributed by atoms with E-state index in [1.165, 1.54) is 25.7 Å². The van der Waals surface area contributed by atoms with Gasteiger partial charge in [0.1, 0.15) is 10.1 Å². The van der Waals surface area contributed by atoms with E-state index in [4.69, 9.17) is 23.2 Å². The number of nitrogens with zero attached hydrogens (tertiary/aromatic N) is 1. The standard InChI is InChI=1S/C13H19Cl2NS2/c1-3-5-7-17-12-10(14)9-11(15)13(16-12)18-8-6-4-2/h9H,3-8H2,1-2H3. The molecule has 1 nitrogen and oxygen atoms in total. The zero-order valence-corrected chi connectivity index (χ0v) is 14.0. The van der Waals surface area contributed by atoms with Crippen LogP contribution in [0.5, 0.6) is 0 Å². The Labute approximate surface area is 128 Å². The highest BCUT2D eigenvalue weighted by atomic mass is 35.5. The minimum absolute atomic E-state index is 0.668. The van der Waals surface area contributed by atoms with E-state index in [0.29, 0.717) is 10.0 Å². The fourth-order valence-electron chi connectivity index (χ4n) is 1.26. The first kappa shape index (κ1) is 16.5. The average molecular weight is 324 g/mol. The predicted molar refractivity (Wildman–Crippen MR) is 85.5 cm³/mol. The molecule has 18 heavy (non-hydrogen) atoms. The second-order valence-corrected chi connectivity index (χ2v) is 6.95. The highest BCUT2D eigenvalue weighted by Crippen LogP contribution is 2.34. The minimum atomic E-state index is 0.668. The van der Waals surface area contributed by atoms with Gasteiger partial charge in [-0.2, -0.15) is 0 Å². The maximum absolute atomic E-state index is 6.16. The van der Waals surface area contributed by atoms with Gasteiger partial charge in [0, 0.05) is 0 Å². The lowest BCUT2D eigenvalue weighted by atomic mass is 10.4. The van der Waals surface area contributed by atoms with E-state index in [-0.39, 0.29) is 0 Å². The largest absolute Gasteiger partial charge is 0.232 e. The molecule has 1 aromatic heterocycles. The number of aromatic nitrogens is 1. The van der Waals surface area contributed by atoms with Gasteiger partial charge >= 0.3 is 0 Å². The molecule has 1 aromatic rings. The van der Waals surface area contributed by atoms with Gasteiger partial charge in [0.2, 0.25) is 0 Å². The van der Waals surface area contributed by atoms with Gasteiger partial charge in [-0.1, -0.05) is 49.9 Å². The van der Waals surface area contributed by atoms with Crippen LogP contribution in [-0.4, -0.2) is 16.5 Å². The first-order chi connectivity index (χ1) is 8.69. The lowest BCUT2D eigenvalue weighted by molar-refractivity contribution is 0.888. The molecule has 0 amide bonds. The van der Waals surface area contributed by atoms with Crippen LogP contribution in [0.25, 0.3) is 0 Å². The molecule has 0 aromatic carbocycles. The third-order valence-corrected chi connectivity index (χ3v) is 5.29. The molecule has 5 heteroatoms. The maximum atomic E-state index is 6.16. The summed E-state index contributed by atoms with van der Waals surface area (Å²) in [6, 6.07) is 1.82. The summed E-state index contributed by atoms with van der Waals surface area (Å²) < 4.78 is 0. The zero-order chi connectivity index (χ0) is 13.4. The van der Waals surface area contributed by atoms with E-state index in [1.807, 2.05) is 6.07 Å². The molecule has 0 aliphatic rings. The van der Waals surface area contributed by atoms with Crippen LogP contribution in [0.15, 0.2) is 16.1 Å². The molecular weight excluding hydrogens is 305 g/mol. The number of hydrogen-bond donors (Lipinski definition) is 0. The number of pyridine rings is 1. The molecule has 0 bridgehead atoms. The average Bonchev–Trinajstić information content (AvgIpc) is 2.34. The Morgan fingerprint density at radius 1 is 0.944 bits per heavy atom. The van der Waals surface area contributed by atoms with Crippen molar-refractivity contribution in [3.05, 3.63) is 16.1 Å². The normalized spacial score (nSPS) is 10.9. The molecule has 0 radical (unpaired) electrons. The van der Waals surface area contributed by atoms with Gasteiger partial charge in [-0.3, -0.25) is 0 Å². The van der Waals surface area contributed by atoms with E-state index in [2.05, 4.69) is 18.8 Å². The van der Waals surface area contributed by atoms with E-state index >= 15 is 0 Å². The van der Waals surface area contributed by atoms with Gasteiger partial charge in [-0.25, -0.2) is 4.98 Å². The van der Waals surface area contributed by atoms with Crippen molar-refractivity contribution in [2.24, 2.45) is 0 Å². The number of halogens is 2. The lowest BCUT2D eigenvalue weighted by Crippen LogP contribution is -1.90. The summed E-state index contributed by atoms with van der Waals surface area (Å²) in [6.45, 7) is 4.37. The molecule has 0 saturated carbocycles. The Balaban J connectivity index is 2.68. The van der Waals surface area contributed by atoms with Crippen molar-refractivity contribution in [2.75, 3.05) is 11.5 Å². The van der Waals surface area contributed by atoms with Crippen molar-refractivity contribution >= 4 is 46.7 Å². The van der Waals surface area contributed by atoms with Crippen LogP contribution in [0.4, 0.5) is 0 Å². The number of rotatable bonds is 8. The van der Waals surface area contributed by atoms with Gasteiger partial charge < -0.3 is 0 Å². The molecular formula is C13H19Cl2NS2. The van der Waals surface area contributed by atoms with Crippen LogP contribution in [0.2, 0.25) is 10.0 Å². The van der Waals surface area contributed by atoms with Crippen molar-refractivity contribution in [3.63, 3.8) is 0 Å². The molecule has 0 aliphatic carbocycles. The molecule has 0 atom stereocenters. The Bertz CT molecular complexity index is 341. The number of thioether (sulfide) groups is 2. The van der Waals surface area contributed by atoms with E-state index in [1.54, 1.807) is 23.5 Å². The van der Waals surface area contributed by atoms with Crippen molar-refractivity contribution in [2.45, 2.75) is 49.6 Å². The Kier molecular flexibility index (Phi) is 8.56. The van der Waals surface area contributed by atoms with E-state index < -0.39 is 0 Å². The molecule has 0 fully saturated rings. The van der Waals surface area contributed by atoms with Crippen LogP contribution in [0, 0.1) is 0 Å². The third kappa shape index (κ3) is 5.60. The number of unbranched alkanes of at least 4 members (excludes halogenated alkanes) is 2. The van der Waals surface area contributed by atoms with Crippen LogP contribution in [0.3, 0.4) is 0 Å². The molecule has 0 N–H and O–H groups in total. The van der Waals surface area contributed by atoms with Crippen LogP contribution in [0.1, 0.15) is 39.5 Å². The monoisotopic (exact) mass is 323 g/mol. The van der Waals surface area contributed by atoms with Crippen LogP contribution in [-0.2, 0) is 0 Å². The van der Waals surface area contributed by atoms with E-state index in [9.17, 15) is 0 Å². The maximum Gasteiger partial charge on any atom is 0.116 e. The molecule has 1 heterocycles. The summed E-state index contributed by atoms with van der Waals surface area (Å²) in [7, 11) is 0. The molecule has 0 saturated heterocycles. The highest BCUT2D eigenvalue weighted by Gasteiger charge is 2.10. The summed E-state index contributed by atoms with van der Waals surface area (Å²) in [5.41, 5.74) is 0. The SMILES string of the molecule is CCCCSc1nc(SCCCC)c(Cl)cc1Cl. The summed E-state index contributed by atoms with van der Waals surface area (Å²) in [6.07, 6.45) is 4.75. The molecule has 102 valence electrons. The zero-order valence-electron chi connectivity index (χ0n) is 10.8. The van der Waals surface area contributed by atoms with Gasteiger partial charge in [-0.15, -0.1) is 23.5 Å². The second-order valence-electron chi connectivity index (χ2n) is 3.97. The Morgan fingerprint density at radius 3 is 1.78 bits per heavy atom. The van der Waals surface area contributed by atoms with Crippen LogP contribution >= 0.6 is 46.7 Å². The summed E-state index contributed by atoms with van der Waals surface area (Å²) in [5.74, 6) is 2.12. The smallest absolute Gasteiger partial charge is 0.116 e. The fourth-order valence-corrected chi connectivity index (χ4v) is 3.96. The topological polar surface area (TPSA) is 12.9 Å². The minimum Gasteiger partial charge on any atom is -0.232 e. The number of hydrogen-bond acceptors (Lipinski definition) is 3. The predicted octanol–water partition coefficient (Wildman–Crippen LogP) is 6.17. The summed E-state index contributed by atoms with van der Waals surface area (Å²) in [4.78, 5) is 4.58. The van der Waals surface area contributed by atoms with Gasteiger partial charge in [-0.05, 0) is 30.4 Å². The van der Waals surface area contributed by atoms with Crippen molar-refractivity contribution in [3.8, 4) is 0 Å². The van der Waals surface area contributed by atoms with Crippen LogP contribution < -0.4 is 0 Å². The third-order valence-electron chi connectivity index (χ3n) is 2.34. The Morgan fingerprint density at radius 2 is 1.39 bits per heavy atom. The quantitative estimate of drug-likeness (QED) is 0.419. The lowest BCUT2D eigenvalue weighted by Gasteiger charge is -2.08. The fraction of sp³-hybridized carbons (Fsp3) is 0.615. The van der Waals surface area contributed by atoms with Crippen molar-refractivity contribution in [1.82, 2.24) is 4.98 Å². The molecule has 0 aliphatic heterocycles. The molecule has 0 unspecified atom stereocenters. The first-order valence-corrected chi connectivity index (χ1v) is 9.03. The van der Waals surface area contributed by atoms with Crippen molar-refractivity contribution < 1.29 is 0 Å².